The highest BCUT2D eigenvalue weighted by molar-refractivity contribution is 6.34. The molecule has 3 nitrogen and oxygen atoms in total. The minimum atomic E-state index is 0.0553. The summed E-state index contributed by atoms with van der Waals surface area (Å²) < 4.78 is 0. The van der Waals surface area contributed by atoms with Gasteiger partial charge in [-0.15, -0.1) is 0 Å². The van der Waals surface area contributed by atoms with Crippen LogP contribution in [0.25, 0.3) is 0 Å². The van der Waals surface area contributed by atoms with E-state index in [0.29, 0.717) is 16.0 Å². The monoisotopic (exact) mass is 231 g/mol. The molecule has 1 heterocycles. The SMILES string of the molecule is NNC(c1ncc(Cl)cc1Cl)C1CC1. The molecule has 0 spiro atoms. The Morgan fingerprint density at radius 3 is 2.71 bits per heavy atom. The van der Waals surface area contributed by atoms with E-state index < -0.39 is 0 Å². The topological polar surface area (TPSA) is 50.9 Å². The summed E-state index contributed by atoms with van der Waals surface area (Å²) in [7, 11) is 0. The van der Waals surface area contributed by atoms with Gasteiger partial charge in [-0.05, 0) is 24.8 Å². The van der Waals surface area contributed by atoms with Crippen LogP contribution in [0.1, 0.15) is 24.6 Å². The maximum atomic E-state index is 6.03. The van der Waals surface area contributed by atoms with Crippen LogP contribution in [0, 0.1) is 5.92 Å². The Hall–Kier alpha value is -0.350. The summed E-state index contributed by atoms with van der Waals surface area (Å²) >= 11 is 11.8. The molecule has 1 unspecified atom stereocenters. The van der Waals surface area contributed by atoms with Gasteiger partial charge in [0.2, 0.25) is 0 Å². The molecule has 1 aromatic rings. The quantitative estimate of drug-likeness (QED) is 0.621. The summed E-state index contributed by atoms with van der Waals surface area (Å²) in [4.78, 5) is 4.20. The van der Waals surface area contributed by atoms with Gasteiger partial charge in [0.05, 0.1) is 21.8 Å². The van der Waals surface area contributed by atoms with Crippen molar-refractivity contribution < 1.29 is 0 Å². The fourth-order valence-electron chi connectivity index (χ4n) is 1.52. The number of pyridine rings is 1. The molecular formula is C9H11Cl2N3. The molecule has 1 aliphatic carbocycles. The minimum absolute atomic E-state index is 0.0553. The van der Waals surface area contributed by atoms with Gasteiger partial charge in [-0.2, -0.15) is 0 Å². The average Bonchev–Trinajstić information content (AvgIpc) is 2.93. The lowest BCUT2D eigenvalue weighted by atomic mass is 10.1. The third-order valence-corrected chi connectivity index (χ3v) is 2.91. The predicted octanol–water partition coefficient (Wildman–Crippen LogP) is 2.30. The van der Waals surface area contributed by atoms with Gasteiger partial charge in [0.1, 0.15) is 0 Å². The highest BCUT2D eigenvalue weighted by atomic mass is 35.5. The Bertz CT molecular complexity index is 339. The summed E-state index contributed by atoms with van der Waals surface area (Å²) in [6, 6.07) is 1.75. The number of nitrogens with one attached hydrogen (secondary N) is 1. The maximum absolute atomic E-state index is 6.03. The highest BCUT2D eigenvalue weighted by Gasteiger charge is 2.33. The molecule has 1 saturated carbocycles. The van der Waals surface area contributed by atoms with Gasteiger partial charge in [-0.3, -0.25) is 16.3 Å². The fourth-order valence-corrected chi connectivity index (χ4v) is 2.02. The first-order valence-electron chi connectivity index (χ1n) is 4.49. The van der Waals surface area contributed by atoms with Gasteiger partial charge in [0.25, 0.3) is 0 Å². The molecule has 0 aromatic carbocycles. The Labute approximate surface area is 92.6 Å². The summed E-state index contributed by atoms with van der Waals surface area (Å²) in [5.74, 6) is 6.03. The molecule has 3 N–H and O–H groups in total. The molecule has 1 aromatic heterocycles. The molecule has 0 saturated heterocycles. The zero-order chi connectivity index (χ0) is 10.1. The molecule has 0 aliphatic heterocycles. The van der Waals surface area contributed by atoms with Crippen LogP contribution in [-0.2, 0) is 0 Å². The van der Waals surface area contributed by atoms with E-state index in [1.54, 1.807) is 12.3 Å². The molecule has 0 bridgehead atoms. The smallest absolute Gasteiger partial charge is 0.0776 e. The highest BCUT2D eigenvalue weighted by Crippen LogP contribution is 2.41. The van der Waals surface area contributed by atoms with Crippen molar-refractivity contribution in [3.8, 4) is 0 Å². The van der Waals surface area contributed by atoms with Crippen molar-refractivity contribution in [1.82, 2.24) is 10.4 Å². The van der Waals surface area contributed by atoms with E-state index in [0.717, 1.165) is 5.69 Å². The van der Waals surface area contributed by atoms with E-state index in [9.17, 15) is 0 Å². The van der Waals surface area contributed by atoms with E-state index in [1.165, 1.54) is 12.8 Å². The first-order chi connectivity index (χ1) is 6.72. The number of hydrogen-bond donors (Lipinski definition) is 2. The molecule has 0 radical (unpaired) electrons. The number of nitrogens with two attached hydrogens (primary N) is 1. The molecule has 2 rings (SSSR count). The van der Waals surface area contributed by atoms with Crippen molar-refractivity contribution in [1.29, 1.82) is 0 Å². The van der Waals surface area contributed by atoms with Crippen LogP contribution < -0.4 is 11.3 Å². The van der Waals surface area contributed by atoms with Gasteiger partial charge in [0, 0.05) is 6.20 Å². The van der Waals surface area contributed by atoms with Crippen molar-refractivity contribution >= 4 is 23.2 Å². The zero-order valence-electron chi connectivity index (χ0n) is 7.50. The van der Waals surface area contributed by atoms with Crippen molar-refractivity contribution in [2.75, 3.05) is 0 Å². The Kier molecular flexibility index (Phi) is 2.93. The lowest BCUT2D eigenvalue weighted by Crippen LogP contribution is -2.30. The second-order valence-corrected chi connectivity index (χ2v) is 4.35. The van der Waals surface area contributed by atoms with Crippen LogP contribution >= 0.6 is 23.2 Å². The lowest BCUT2D eigenvalue weighted by Gasteiger charge is -2.15. The summed E-state index contributed by atoms with van der Waals surface area (Å²) in [5, 5.41) is 1.12. The first-order valence-corrected chi connectivity index (χ1v) is 5.25. The van der Waals surface area contributed by atoms with Crippen LogP contribution in [0.2, 0.25) is 10.0 Å². The second kappa shape index (κ2) is 4.03. The van der Waals surface area contributed by atoms with Gasteiger partial charge in [-0.1, -0.05) is 23.2 Å². The van der Waals surface area contributed by atoms with E-state index >= 15 is 0 Å². The first kappa shape index (κ1) is 10.2. The van der Waals surface area contributed by atoms with Crippen LogP contribution in [0.4, 0.5) is 0 Å². The number of aromatic nitrogens is 1. The molecule has 14 heavy (non-hydrogen) atoms. The summed E-state index contributed by atoms with van der Waals surface area (Å²) in [6.45, 7) is 0. The molecule has 76 valence electrons. The van der Waals surface area contributed by atoms with Crippen molar-refractivity contribution in [3.05, 3.63) is 28.0 Å². The zero-order valence-corrected chi connectivity index (χ0v) is 9.02. The molecule has 0 amide bonds. The molecule has 1 aliphatic rings. The average molecular weight is 232 g/mol. The van der Waals surface area contributed by atoms with Gasteiger partial charge >= 0.3 is 0 Å². The third-order valence-electron chi connectivity index (χ3n) is 2.40. The normalized spacial score (nSPS) is 18.2. The number of rotatable bonds is 3. The van der Waals surface area contributed by atoms with Crippen molar-refractivity contribution in [3.63, 3.8) is 0 Å². The van der Waals surface area contributed by atoms with Crippen LogP contribution in [-0.4, -0.2) is 4.98 Å². The van der Waals surface area contributed by atoms with E-state index in [4.69, 9.17) is 29.0 Å². The Morgan fingerprint density at radius 1 is 1.50 bits per heavy atom. The molecule has 5 heteroatoms. The summed E-state index contributed by atoms with van der Waals surface area (Å²) in [5.41, 5.74) is 3.54. The maximum Gasteiger partial charge on any atom is 0.0776 e. The van der Waals surface area contributed by atoms with Crippen LogP contribution in [0.15, 0.2) is 12.3 Å². The molecule has 1 atom stereocenters. The fraction of sp³-hybridized carbons (Fsp3) is 0.444. The van der Waals surface area contributed by atoms with E-state index in [2.05, 4.69) is 10.4 Å². The number of halogens is 2. The summed E-state index contributed by atoms with van der Waals surface area (Å²) in [6.07, 6.45) is 3.94. The number of hydrazine groups is 1. The standard InChI is InChI=1S/C9H11Cl2N3/c10-6-3-7(11)9(13-4-6)8(14-12)5-1-2-5/h3-5,8,14H,1-2,12H2. The number of hydrogen-bond acceptors (Lipinski definition) is 3. The van der Waals surface area contributed by atoms with Gasteiger partial charge in [0.15, 0.2) is 0 Å². The van der Waals surface area contributed by atoms with Gasteiger partial charge < -0.3 is 0 Å². The number of nitrogens with zero attached hydrogens (tertiary/aromatic N) is 1. The minimum Gasteiger partial charge on any atom is -0.271 e. The Balaban J connectivity index is 2.29. The third kappa shape index (κ3) is 2.01. The predicted molar refractivity (Wildman–Crippen MR) is 57.0 cm³/mol. The van der Waals surface area contributed by atoms with E-state index in [1.807, 2.05) is 0 Å². The molecule has 1 fully saturated rings. The van der Waals surface area contributed by atoms with Crippen LogP contribution in [0.3, 0.4) is 0 Å². The van der Waals surface area contributed by atoms with E-state index in [-0.39, 0.29) is 6.04 Å². The van der Waals surface area contributed by atoms with Crippen molar-refractivity contribution in [2.24, 2.45) is 11.8 Å². The van der Waals surface area contributed by atoms with Crippen LogP contribution in [0.5, 0.6) is 0 Å². The Morgan fingerprint density at radius 2 is 2.21 bits per heavy atom. The lowest BCUT2D eigenvalue weighted by molar-refractivity contribution is 0.485. The second-order valence-electron chi connectivity index (χ2n) is 3.50. The van der Waals surface area contributed by atoms with Gasteiger partial charge in [-0.25, -0.2) is 0 Å². The molecular weight excluding hydrogens is 221 g/mol. The van der Waals surface area contributed by atoms with Crippen molar-refractivity contribution in [2.45, 2.75) is 18.9 Å². The largest absolute Gasteiger partial charge is 0.271 e.